The van der Waals surface area contributed by atoms with Gasteiger partial charge in [0, 0.05) is 32.5 Å². The highest BCUT2D eigenvalue weighted by molar-refractivity contribution is 7.89. The molecule has 0 atom stereocenters. The lowest BCUT2D eigenvalue weighted by atomic mass is 10.0. The molecule has 10 heteroatoms. The highest BCUT2D eigenvalue weighted by Crippen LogP contribution is 2.28. The Morgan fingerprint density at radius 1 is 1.22 bits per heavy atom. The third-order valence-corrected chi connectivity index (χ3v) is 5.87. The number of carbonyl (C=O) groups excluding carboxylic acids is 2. The maximum absolute atomic E-state index is 12.3. The van der Waals surface area contributed by atoms with E-state index in [1.165, 1.54) is 4.31 Å². The van der Waals surface area contributed by atoms with Gasteiger partial charge in [-0.3, -0.25) is 14.5 Å². The fourth-order valence-corrected chi connectivity index (χ4v) is 4.17. The lowest BCUT2D eigenvalue weighted by Gasteiger charge is -2.36. The second-order valence-corrected chi connectivity index (χ2v) is 7.89. The maximum atomic E-state index is 12.3. The Bertz CT molecular complexity index is 706. The average Bonchev–Trinajstić information content (AvgIpc) is 2.82. The molecular formula is C13H18N4O5S. The Morgan fingerprint density at radius 2 is 1.87 bits per heavy atom. The van der Waals surface area contributed by atoms with Gasteiger partial charge in [-0.05, 0) is 13.3 Å². The minimum absolute atomic E-state index is 0.0825. The lowest BCUT2D eigenvalue weighted by Crippen LogP contribution is -2.51. The number of carbonyl (C=O) groups is 2. The van der Waals surface area contributed by atoms with Gasteiger partial charge in [-0.15, -0.1) is 0 Å². The number of hydrogen-bond acceptors (Lipinski definition) is 7. The maximum Gasteiger partial charge on any atom is 0.232 e. The number of imide groups is 1. The van der Waals surface area contributed by atoms with Crippen molar-refractivity contribution in [2.45, 2.75) is 32.1 Å². The van der Waals surface area contributed by atoms with Crippen molar-refractivity contribution in [2.75, 3.05) is 25.4 Å². The van der Waals surface area contributed by atoms with Gasteiger partial charge in [0.05, 0.1) is 11.7 Å². The monoisotopic (exact) mass is 342 g/mol. The van der Waals surface area contributed by atoms with Crippen LogP contribution in [0.25, 0.3) is 0 Å². The van der Waals surface area contributed by atoms with E-state index in [0.29, 0.717) is 31.0 Å². The molecule has 0 radical (unpaired) electrons. The lowest BCUT2D eigenvalue weighted by molar-refractivity contribution is -0.147. The van der Waals surface area contributed by atoms with Gasteiger partial charge in [-0.2, -0.15) is 4.98 Å². The molecule has 0 N–H and O–H groups in total. The van der Waals surface area contributed by atoms with E-state index in [1.54, 1.807) is 6.92 Å². The number of piperidine rings is 1. The zero-order valence-electron chi connectivity index (χ0n) is 12.8. The Labute approximate surface area is 133 Å². The van der Waals surface area contributed by atoms with Crippen LogP contribution >= 0.6 is 0 Å². The summed E-state index contributed by atoms with van der Waals surface area (Å²) >= 11 is 0. The van der Waals surface area contributed by atoms with Crippen LogP contribution in [0.15, 0.2) is 4.52 Å². The molecule has 0 bridgehead atoms. The molecule has 1 aromatic heterocycles. The van der Waals surface area contributed by atoms with Gasteiger partial charge in [0.15, 0.2) is 5.82 Å². The molecule has 23 heavy (non-hydrogen) atoms. The molecule has 2 amide bonds. The first-order valence-corrected chi connectivity index (χ1v) is 9.09. The topological polar surface area (TPSA) is 114 Å². The third-order valence-electron chi connectivity index (χ3n) is 4.09. The van der Waals surface area contributed by atoms with Crippen molar-refractivity contribution in [3.8, 4) is 0 Å². The van der Waals surface area contributed by atoms with Crippen molar-refractivity contribution in [3.63, 3.8) is 0 Å². The summed E-state index contributed by atoms with van der Waals surface area (Å²) in [5, 5.41) is 3.69. The van der Waals surface area contributed by atoms with Gasteiger partial charge in [0.1, 0.15) is 0 Å². The Morgan fingerprint density at radius 3 is 2.43 bits per heavy atom. The number of aryl methyl sites for hydroxylation is 1. The van der Waals surface area contributed by atoms with Crippen LogP contribution in [0.5, 0.6) is 0 Å². The average molecular weight is 342 g/mol. The molecule has 0 spiro atoms. The van der Waals surface area contributed by atoms with Crippen molar-refractivity contribution in [1.29, 1.82) is 0 Å². The normalized spacial score (nSPS) is 20.8. The molecule has 126 valence electrons. The largest absolute Gasteiger partial charge is 0.339 e. The Hall–Kier alpha value is -1.81. The number of likely N-dealkylation sites (tertiary alicyclic amines) is 1. The van der Waals surface area contributed by atoms with Crippen molar-refractivity contribution in [2.24, 2.45) is 0 Å². The molecule has 2 aliphatic heterocycles. The van der Waals surface area contributed by atoms with E-state index in [4.69, 9.17) is 4.52 Å². The molecule has 3 rings (SSSR count). The summed E-state index contributed by atoms with van der Waals surface area (Å²) in [6, 6.07) is 0. The van der Waals surface area contributed by atoms with Gasteiger partial charge in [-0.1, -0.05) is 5.16 Å². The fourth-order valence-electron chi connectivity index (χ4n) is 2.69. The van der Waals surface area contributed by atoms with Crippen molar-refractivity contribution < 1.29 is 22.5 Å². The summed E-state index contributed by atoms with van der Waals surface area (Å²) in [5.74, 6) is 0.0293. The second kappa shape index (κ2) is 6.00. The quantitative estimate of drug-likeness (QED) is 0.672. The molecule has 0 aliphatic carbocycles. The predicted octanol–water partition coefficient (Wildman–Crippen LogP) is -0.354. The molecule has 2 saturated heterocycles. The summed E-state index contributed by atoms with van der Waals surface area (Å²) in [6.45, 7) is 2.19. The van der Waals surface area contributed by atoms with Crippen LogP contribution in [0.1, 0.15) is 36.9 Å². The summed E-state index contributed by atoms with van der Waals surface area (Å²) in [4.78, 5) is 28.5. The number of aromatic nitrogens is 2. The molecule has 2 aliphatic rings. The summed E-state index contributed by atoms with van der Waals surface area (Å²) in [6.07, 6.45) is 1.14. The van der Waals surface area contributed by atoms with E-state index in [-0.39, 0.29) is 43.1 Å². The molecular weight excluding hydrogens is 324 g/mol. The van der Waals surface area contributed by atoms with E-state index in [1.807, 2.05) is 0 Å². The molecule has 9 nitrogen and oxygen atoms in total. The number of rotatable bonds is 5. The van der Waals surface area contributed by atoms with Gasteiger partial charge in [-0.25, -0.2) is 12.7 Å². The van der Waals surface area contributed by atoms with Crippen molar-refractivity contribution in [3.05, 3.63) is 11.7 Å². The number of nitrogens with zero attached hydrogens (tertiary/aromatic N) is 4. The fraction of sp³-hybridized carbons (Fsp3) is 0.692. The zero-order valence-corrected chi connectivity index (χ0v) is 13.6. The van der Waals surface area contributed by atoms with Crippen LogP contribution in [0, 0.1) is 6.92 Å². The van der Waals surface area contributed by atoms with E-state index in [2.05, 4.69) is 10.1 Å². The molecule has 2 fully saturated rings. The molecule has 0 aromatic carbocycles. The number of sulfonamides is 1. The Balaban J connectivity index is 1.54. The Kier molecular flexibility index (Phi) is 4.19. The standard InChI is InChI=1S/C13H18N4O5S/c1-9-14-13(22-15-9)10-7-16(8-10)23(20,21)6-5-17-11(18)3-2-4-12(17)19/h10H,2-8H2,1H3. The minimum Gasteiger partial charge on any atom is -0.339 e. The van der Waals surface area contributed by atoms with Crippen LogP contribution in [-0.2, 0) is 19.6 Å². The second-order valence-electron chi connectivity index (χ2n) is 5.80. The summed E-state index contributed by atoms with van der Waals surface area (Å²) < 4.78 is 30.9. The van der Waals surface area contributed by atoms with Gasteiger partial charge < -0.3 is 4.52 Å². The minimum atomic E-state index is -3.51. The smallest absolute Gasteiger partial charge is 0.232 e. The molecule has 1 aromatic rings. The van der Waals surface area contributed by atoms with E-state index < -0.39 is 10.0 Å². The summed E-state index contributed by atoms with van der Waals surface area (Å²) in [7, 11) is -3.51. The van der Waals surface area contributed by atoms with Crippen molar-refractivity contribution in [1.82, 2.24) is 19.3 Å². The van der Waals surface area contributed by atoms with Gasteiger partial charge in [0.25, 0.3) is 0 Å². The van der Waals surface area contributed by atoms with Crippen LogP contribution in [-0.4, -0.2) is 65.0 Å². The van der Waals surface area contributed by atoms with Crippen LogP contribution in [0.4, 0.5) is 0 Å². The molecule has 0 unspecified atom stereocenters. The molecule has 3 heterocycles. The first-order valence-electron chi connectivity index (χ1n) is 7.48. The first-order chi connectivity index (χ1) is 10.9. The number of amides is 2. The van der Waals surface area contributed by atoms with Crippen LogP contribution in [0.3, 0.4) is 0 Å². The van der Waals surface area contributed by atoms with E-state index >= 15 is 0 Å². The summed E-state index contributed by atoms with van der Waals surface area (Å²) in [5.41, 5.74) is 0. The van der Waals surface area contributed by atoms with Gasteiger partial charge in [0.2, 0.25) is 27.7 Å². The highest BCUT2D eigenvalue weighted by atomic mass is 32.2. The zero-order chi connectivity index (χ0) is 16.6. The third kappa shape index (κ3) is 3.27. The molecule has 0 saturated carbocycles. The van der Waals surface area contributed by atoms with Crippen LogP contribution < -0.4 is 0 Å². The first kappa shape index (κ1) is 16.1. The van der Waals surface area contributed by atoms with Crippen LogP contribution in [0.2, 0.25) is 0 Å². The van der Waals surface area contributed by atoms with E-state index in [9.17, 15) is 18.0 Å². The van der Waals surface area contributed by atoms with Crippen molar-refractivity contribution >= 4 is 21.8 Å². The SMILES string of the molecule is Cc1noc(C2CN(S(=O)(=O)CCN3C(=O)CCCC3=O)C2)n1. The highest BCUT2D eigenvalue weighted by Gasteiger charge is 2.40. The predicted molar refractivity (Wildman–Crippen MR) is 77.7 cm³/mol. The van der Waals surface area contributed by atoms with Gasteiger partial charge >= 0.3 is 0 Å². The van der Waals surface area contributed by atoms with E-state index in [0.717, 1.165) is 4.90 Å². The number of hydrogen-bond donors (Lipinski definition) is 0.